The van der Waals surface area contributed by atoms with E-state index < -0.39 is 18.1 Å². The van der Waals surface area contributed by atoms with E-state index in [1.807, 2.05) is 21.1 Å². The third-order valence-electron chi connectivity index (χ3n) is 8.85. The Morgan fingerprint density at radius 1 is 0.612 bits per heavy atom. The SMILES string of the molecule is CCCCC/C=C/C/C=C/CCCCCCCCCC(=O)OC(COCCC(C(=O)O)[N+](C)(C)C)COC(=O)CCCCCCCCCC. The highest BCUT2D eigenvalue weighted by atomic mass is 16.6. The monoisotopic (exact) mass is 695 g/mol. The van der Waals surface area contributed by atoms with Gasteiger partial charge in [0.1, 0.15) is 6.61 Å². The number of nitrogens with zero attached hydrogens (tertiary/aromatic N) is 1. The quantitative estimate of drug-likeness (QED) is 0.0305. The van der Waals surface area contributed by atoms with Crippen molar-refractivity contribution in [1.29, 1.82) is 0 Å². The molecule has 0 aromatic carbocycles. The summed E-state index contributed by atoms with van der Waals surface area (Å²) in [6.45, 7) is 4.67. The summed E-state index contributed by atoms with van der Waals surface area (Å²) < 4.78 is 17.2. The van der Waals surface area contributed by atoms with E-state index in [9.17, 15) is 19.5 Å². The van der Waals surface area contributed by atoms with Gasteiger partial charge in [0.2, 0.25) is 0 Å². The number of hydrogen-bond donors (Lipinski definition) is 1. The Hall–Kier alpha value is -2.19. The number of unbranched alkanes of at least 4 members (excludes halogenated alkanes) is 17. The van der Waals surface area contributed by atoms with Crippen LogP contribution in [0.2, 0.25) is 0 Å². The number of carbonyl (C=O) groups is 3. The number of esters is 2. The number of hydrogen-bond acceptors (Lipinski definition) is 6. The van der Waals surface area contributed by atoms with Crippen LogP contribution in [0.1, 0.15) is 168 Å². The van der Waals surface area contributed by atoms with Crippen LogP contribution in [0.5, 0.6) is 0 Å². The second kappa shape index (κ2) is 33.0. The standard InChI is InChI=1S/C41H75NO7/c1-6-8-10-12-14-16-17-18-19-20-21-22-23-24-26-28-30-32-40(44)49-37(35-47-34-33-38(41(45)46)42(3,4)5)36-48-39(43)31-29-27-25-15-13-11-9-7-2/h14,16,18-19,37-38H,6-13,15,17,20-36H2,1-5H3/p+1/b16-14+,19-18+. The number of allylic oxidation sites excluding steroid dienone is 4. The van der Waals surface area contributed by atoms with E-state index >= 15 is 0 Å². The normalized spacial score (nSPS) is 13.2. The number of aliphatic carboxylic acids is 1. The van der Waals surface area contributed by atoms with Crippen LogP contribution in [-0.2, 0) is 28.6 Å². The molecule has 0 bridgehead atoms. The summed E-state index contributed by atoms with van der Waals surface area (Å²) in [4.78, 5) is 36.7. The number of carboxylic acids is 1. The van der Waals surface area contributed by atoms with Crippen molar-refractivity contribution in [2.75, 3.05) is 41.0 Å². The van der Waals surface area contributed by atoms with E-state index in [1.54, 1.807) is 0 Å². The lowest BCUT2D eigenvalue weighted by Crippen LogP contribution is -2.50. The Labute approximate surface area is 301 Å². The van der Waals surface area contributed by atoms with Gasteiger partial charge in [-0.15, -0.1) is 0 Å². The van der Waals surface area contributed by atoms with Crippen LogP contribution in [0.15, 0.2) is 24.3 Å². The first-order chi connectivity index (χ1) is 23.6. The third-order valence-corrected chi connectivity index (χ3v) is 8.85. The van der Waals surface area contributed by atoms with Gasteiger partial charge in [0.25, 0.3) is 0 Å². The molecule has 1 N–H and O–H groups in total. The van der Waals surface area contributed by atoms with Crippen molar-refractivity contribution < 1.29 is 38.2 Å². The first kappa shape index (κ1) is 46.8. The van der Waals surface area contributed by atoms with Crippen molar-refractivity contribution >= 4 is 17.9 Å². The van der Waals surface area contributed by atoms with Crippen molar-refractivity contribution in [2.45, 2.75) is 180 Å². The Kier molecular flexibility index (Phi) is 31.5. The Bertz CT molecular complexity index is 864. The molecule has 8 heteroatoms. The van der Waals surface area contributed by atoms with Gasteiger partial charge in [0.05, 0.1) is 34.4 Å². The highest BCUT2D eigenvalue weighted by Gasteiger charge is 2.31. The first-order valence-corrected chi connectivity index (χ1v) is 19.9. The van der Waals surface area contributed by atoms with Crippen LogP contribution in [0, 0.1) is 0 Å². The molecule has 8 nitrogen and oxygen atoms in total. The first-order valence-electron chi connectivity index (χ1n) is 19.9. The van der Waals surface area contributed by atoms with Gasteiger partial charge >= 0.3 is 17.9 Å². The molecule has 2 atom stereocenters. The molecule has 0 aromatic rings. The fourth-order valence-corrected chi connectivity index (χ4v) is 5.71. The minimum atomic E-state index is -0.877. The lowest BCUT2D eigenvalue weighted by molar-refractivity contribution is -0.887. The zero-order chi connectivity index (χ0) is 36.4. The van der Waals surface area contributed by atoms with E-state index in [-0.39, 0.29) is 36.2 Å². The van der Waals surface area contributed by atoms with Crippen molar-refractivity contribution in [3.63, 3.8) is 0 Å². The Morgan fingerprint density at radius 3 is 1.61 bits per heavy atom. The van der Waals surface area contributed by atoms with E-state index in [1.165, 1.54) is 83.5 Å². The van der Waals surface area contributed by atoms with Crippen LogP contribution in [0.4, 0.5) is 0 Å². The number of ether oxygens (including phenoxy) is 3. The maximum Gasteiger partial charge on any atom is 0.362 e. The molecular formula is C41H76NO7+. The van der Waals surface area contributed by atoms with Crippen molar-refractivity contribution in [1.82, 2.24) is 0 Å². The molecule has 0 rings (SSSR count). The molecule has 0 fully saturated rings. The van der Waals surface area contributed by atoms with Gasteiger partial charge in [-0.1, -0.05) is 128 Å². The largest absolute Gasteiger partial charge is 0.477 e. The number of carbonyl (C=O) groups excluding carboxylic acids is 2. The molecule has 0 aliphatic carbocycles. The summed E-state index contributed by atoms with van der Waals surface area (Å²) in [6, 6.07) is -0.611. The average molecular weight is 695 g/mol. The third kappa shape index (κ3) is 31.5. The maximum atomic E-state index is 12.6. The molecule has 0 aliphatic rings. The van der Waals surface area contributed by atoms with Crippen LogP contribution in [0.25, 0.3) is 0 Å². The molecule has 0 aromatic heterocycles. The molecule has 0 saturated carbocycles. The van der Waals surface area contributed by atoms with E-state index in [2.05, 4.69) is 38.2 Å². The number of carboxylic acid groups (broad SMARTS) is 1. The minimum Gasteiger partial charge on any atom is -0.477 e. The molecule has 0 aliphatic heterocycles. The predicted octanol–water partition coefficient (Wildman–Crippen LogP) is 10.1. The number of rotatable bonds is 35. The minimum absolute atomic E-state index is 0.0514. The van der Waals surface area contributed by atoms with Crippen LogP contribution >= 0.6 is 0 Å². The molecule has 286 valence electrons. The fourth-order valence-electron chi connectivity index (χ4n) is 5.71. The summed E-state index contributed by atoms with van der Waals surface area (Å²) in [6.07, 6.45) is 33.6. The van der Waals surface area contributed by atoms with Gasteiger partial charge in [0, 0.05) is 19.3 Å². The van der Waals surface area contributed by atoms with Crippen molar-refractivity contribution in [2.24, 2.45) is 0 Å². The maximum absolute atomic E-state index is 12.6. The predicted molar refractivity (Wildman–Crippen MR) is 202 cm³/mol. The van der Waals surface area contributed by atoms with Gasteiger partial charge in [-0.2, -0.15) is 0 Å². The van der Waals surface area contributed by atoms with Gasteiger partial charge < -0.3 is 23.8 Å². The molecule has 0 amide bonds. The van der Waals surface area contributed by atoms with Crippen LogP contribution < -0.4 is 0 Å². The molecule has 0 radical (unpaired) electrons. The van der Waals surface area contributed by atoms with E-state index in [4.69, 9.17) is 14.2 Å². The van der Waals surface area contributed by atoms with Crippen LogP contribution in [0.3, 0.4) is 0 Å². The summed E-state index contributed by atoms with van der Waals surface area (Å²) in [5.74, 6) is -1.48. The molecular weight excluding hydrogens is 618 g/mol. The van der Waals surface area contributed by atoms with Gasteiger partial charge in [-0.3, -0.25) is 9.59 Å². The Morgan fingerprint density at radius 2 is 1.08 bits per heavy atom. The van der Waals surface area contributed by atoms with E-state index in [0.29, 0.717) is 19.3 Å². The zero-order valence-electron chi connectivity index (χ0n) is 32.4. The van der Waals surface area contributed by atoms with Crippen molar-refractivity contribution in [3.8, 4) is 0 Å². The number of likely N-dealkylation sites (N-methyl/N-ethyl adjacent to an activating group) is 1. The van der Waals surface area contributed by atoms with Crippen LogP contribution in [-0.4, -0.2) is 80.6 Å². The van der Waals surface area contributed by atoms with Gasteiger partial charge in [-0.05, 0) is 44.9 Å². The van der Waals surface area contributed by atoms with Gasteiger partial charge in [0.15, 0.2) is 12.1 Å². The second-order valence-electron chi connectivity index (χ2n) is 14.5. The molecule has 0 saturated heterocycles. The highest BCUT2D eigenvalue weighted by Crippen LogP contribution is 2.13. The Balaban J connectivity index is 4.35. The fraction of sp³-hybridized carbons (Fsp3) is 0.829. The zero-order valence-corrected chi connectivity index (χ0v) is 32.4. The molecule has 49 heavy (non-hydrogen) atoms. The summed E-state index contributed by atoms with van der Waals surface area (Å²) in [5.41, 5.74) is 0. The lowest BCUT2D eigenvalue weighted by atomic mass is 10.1. The van der Waals surface area contributed by atoms with Crippen molar-refractivity contribution in [3.05, 3.63) is 24.3 Å². The highest BCUT2D eigenvalue weighted by molar-refractivity contribution is 5.72. The molecule has 2 unspecified atom stereocenters. The second-order valence-corrected chi connectivity index (χ2v) is 14.5. The molecule has 0 heterocycles. The average Bonchev–Trinajstić information content (AvgIpc) is 3.05. The summed E-state index contributed by atoms with van der Waals surface area (Å²) >= 11 is 0. The summed E-state index contributed by atoms with van der Waals surface area (Å²) in [5, 5.41) is 9.57. The number of quaternary nitrogens is 1. The topological polar surface area (TPSA) is 99.1 Å². The summed E-state index contributed by atoms with van der Waals surface area (Å²) in [7, 11) is 5.51. The lowest BCUT2D eigenvalue weighted by Gasteiger charge is -2.31. The molecule has 0 spiro atoms. The van der Waals surface area contributed by atoms with Gasteiger partial charge in [-0.25, -0.2) is 4.79 Å². The smallest absolute Gasteiger partial charge is 0.362 e. The van der Waals surface area contributed by atoms with E-state index in [0.717, 1.165) is 51.4 Å².